The van der Waals surface area contributed by atoms with Crippen molar-refractivity contribution in [3.63, 3.8) is 0 Å². The van der Waals surface area contributed by atoms with Crippen LogP contribution in [-0.2, 0) is 10.1 Å². The predicted octanol–water partition coefficient (Wildman–Crippen LogP) is 7.01. The second-order valence-corrected chi connectivity index (χ2v) is 12.2. The van der Waals surface area contributed by atoms with Crippen molar-refractivity contribution in [3.05, 3.63) is 90.0 Å². The topological polar surface area (TPSA) is 72.7 Å². The minimum Gasteiger partial charge on any atom is -0.379 e. The lowest BCUT2D eigenvalue weighted by Crippen LogP contribution is -2.36. The van der Waals surface area contributed by atoms with Crippen LogP contribution in [0, 0.1) is 5.41 Å². The fourth-order valence-electron chi connectivity index (χ4n) is 4.56. The van der Waals surface area contributed by atoms with Gasteiger partial charge in [-0.2, -0.15) is 8.42 Å². The van der Waals surface area contributed by atoms with E-state index in [9.17, 15) is 8.42 Å². The number of imidazole rings is 1. The molecule has 0 radical (unpaired) electrons. The van der Waals surface area contributed by atoms with Crippen molar-refractivity contribution in [2.45, 2.75) is 46.6 Å². The van der Waals surface area contributed by atoms with Gasteiger partial charge in [0.1, 0.15) is 22.9 Å². The summed E-state index contributed by atoms with van der Waals surface area (Å²) in [5, 5.41) is 4.78. The number of nitrogens with zero attached hydrogens (tertiary/aromatic N) is 2. The van der Waals surface area contributed by atoms with Gasteiger partial charge in [0.25, 0.3) is 0 Å². The predicted molar refractivity (Wildman–Crippen MR) is 147 cm³/mol. The molecule has 0 unspecified atom stereocenters. The Bertz CT molecular complexity index is 1460. The monoisotopic (exact) mass is 503 g/mol. The Hall–Kier alpha value is -3.58. The lowest BCUT2D eigenvalue weighted by atomic mass is 9.82. The summed E-state index contributed by atoms with van der Waals surface area (Å²) in [7, 11) is -3.89. The van der Waals surface area contributed by atoms with E-state index >= 15 is 0 Å². The van der Waals surface area contributed by atoms with E-state index in [1.165, 1.54) is 6.08 Å². The maximum absolute atomic E-state index is 12.4. The molecule has 188 valence electrons. The van der Waals surface area contributed by atoms with Gasteiger partial charge in [0.15, 0.2) is 0 Å². The van der Waals surface area contributed by atoms with Gasteiger partial charge in [-0.25, -0.2) is 4.98 Å². The van der Waals surface area contributed by atoms with E-state index in [-0.39, 0.29) is 16.7 Å². The molecule has 7 heteroatoms. The standard InChI is InChI=1S/C29H33N3O3S/c1-28(2,3)21-29(4,5)31-27-26(30-25-13-9-10-19-32(25)27)23-14-16-24(17-15-23)35-36(33,34)20-18-22-11-7-6-8-12-22/h6-20,31H,21H2,1-5H3/b20-18+. The molecule has 0 atom stereocenters. The first-order valence-corrected chi connectivity index (χ1v) is 13.4. The lowest BCUT2D eigenvalue weighted by Gasteiger charge is -2.34. The molecule has 2 heterocycles. The van der Waals surface area contributed by atoms with E-state index in [0.717, 1.165) is 40.1 Å². The lowest BCUT2D eigenvalue weighted by molar-refractivity contribution is 0.302. The molecule has 0 aliphatic rings. The quantitative estimate of drug-likeness (QED) is 0.262. The van der Waals surface area contributed by atoms with Crippen molar-refractivity contribution < 1.29 is 12.6 Å². The van der Waals surface area contributed by atoms with Gasteiger partial charge in [0.2, 0.25) is 0 Å². The number of fused-ring (bicyclic) bond motifs is 1. The van der Waals surface area contributed by atoms with Crippen LogP contribution in [0.5, 0.6) is 5.75 Å². The van der Waals surface area contributed by atoms with E-state index in [1.54, 1.807) is 12.1 Å². The van der Waals surface area contributed by atoms with Crippen molar-refractivity contribution in [3.8, 4) is 17.0 Å². The summed E-state index contributed by atoms with van der Waals surface area (Å²) >= 11 is 0. The summed E-state index contributed by atoms with van der Waals surface area (Å²) in [4.78, 5) is 4.86. The number of rotatable bonds is 8. The molecule has 1 N–H and O–H groups in total. The van der Waals surface area contributed by atoms with Crippen LogP contribution in [0.4, 0.5) is 5.82 Å². The molecule has 2 aromatic heterocycles. The molecule has 6 nitrogen and oxygen atoms in total. The molecule has 4 rings (SSSR count). The van der Waals surface area contributed by atoms with Gasteiger partial charge in [0.05, 0.1) is 5.41 Å². The third kappa shape index (κ3) is 6.55. The molecular formula is C29H33N3O3S. The van der Waals surface area contributed by atoms with Gasteiger partial charge >= 0.3 is 10.1 Å². The highest BCUT2D eigenvalue weighted by molar-refractivity contribution is 7.90. The van der Waals surface area contributed by atoms with Crippen LogP contribution in [0.2, 0.25) is 0 Å². The Balaban J connectivity index is 1.60. The molecule has 0 fully saturated rings. The summed E-state index contributed by atoms with van der Waals surface area (Å²) in [6, 6.07) is 22.1. The zero-order valence-electron chi connectivity index (χ0n) is 21.4. The first-order valence-electron chi connectivity index (χ1n) is 11.9. The average molecular weight is 504 g/mol. The largest absolute Gasteiger partial charge is 0.379 e. The van der Waals surface area contributed by atoms with Crippen LogP contribution in [0.15, 0.2) is 84.4 Å². The molecule has 0 amide bonds. The van der Waals surface area contributed by atoms with Crippen LogP contribution in [0.25, 0.3) is 23.0 Å². The van der Waals surface area contributed by atoms with Gasteiger partial charge in [-0.15, -0.1) is 0 Å². The molecule has 0 saturated heterocycles. The number of hydrogen-bond acceptors (Lipinski definition) is 5. The number of nitrogens with one attached hydrogen (secondary N) is 1. The maximum Gasteiger partial charge on any atom is 0.332 e. The van der Waals surface area contributed by atoms with Gasteiger partial charge in [0, 0.05) is 17.3 Å². The second kappa shape index (κ2) is 9.82. The van der Waals surface area contributed by atoms with Crippen molar-refractivity contribution in [1.82, 2.24) is 9.38 Å². The van der Waals surface area contributed by atoms with Crippen LogP contribution >= 0.6 is 0 Å². The molecule has 2 aromatic carbocycles. The molecular weight excluding hydrogens is 470 g/mol. The SMILES string of the molecule is CC(C)(C)CC(C)(C)Nc1c(-c2ccc(OS(=O)(=O)/C=C/c3ccccc3)cc2)nc2ccccn12. The number of anilines is 1. The first-order chi connectivity index (χ1) is 16.9. The van der Waals surface area contributed by atoms with E-state index < -0.39 is 10.1 Å². The summed E-state index contributed by atoms with van der Waals surface area (Å²) in [5.41, 5.74) is 3.23. The molecule has 0 saturated carbocycles. The summed E-state index contributed by atoms with van der Waals surface area (Å²) in [5.74, 6) is 1.13. The number of hydrogen-bond donors (Lipinski definition) is 1. The second-order valence-electron chi connectivity index (χ2n) is 10.8. The third-order valence-electron chi connectivity index (χ3n) is 5.53. The van der Waals surface area contributed by atoms with Crippen molar-refractivity contribution in [1.29, 1.82) is 0 Å². The van der Waals surface area contributed by atoms with Crippen LogP contribution in [-0.4, -0.2) is 23.3 Å². The highest BCUT2D eigenvalue weighted by Gasteiger charge is 2.28. The van der Waals surface area contributed by atoms with Crippen LogP contribution in [0.1, 0.15) is 46.6 Å². The van der Waals surface area contributed by atoms with Gasteiger partial charge in [-0.05, 0) is 73.7 Å². The first kappa shape index (κ1) is 25.5. The Morgan fingerprint density at radius 1 is 0.917 bits per heavy atom. The van der Waals surface area contributed by atoms with Gasteiger partial charge in [-0.1, -0.05) is 57.2 Å². The highest BCUT2D eigenvalue weighted by atomic mass is 32.2. The van der Waals surface area contributed by atoms with E-state index in [0.29, 0.717) is 0 Å². The fourth-order valence-corrected chi connectivity index (χ4v) is 5.32. The summed E-state index contributed by atoms with van der Waals surface area (Å²) in [6.07, 6.45) is 4.46. The van der Waals surface area contributed by atoms with Crippen molar-refractivity contribution in [2.24, 2.45) is 5.41 Å². The van der Waals surface area contributed by atoms with E-state index in [1.807, 2.05) is 71.3 Å². The number of aromatic nitrogens is 2. The molecule has 0 spiro atoms. The Morgan fingerprint density at radius 2 is 1.58 bits per heavy atom. The average Bonchev–Trinajstić information content (AvgIpc) is 3.15. The minimum absolute atomic E-state index is 0.149. The highest BCUT2D eigenvalue weighted by Crippen LogP contribution is 2.35. The van der Waals surface area contributed by atoms with Gasteiger partial charge < -0.3 is 9.50 Å². The fraction of sp³-hybridized carbons (Fsp3) is 0.276. The molecule has 0 aliphatic carbocycles. The molecule has 0 bridgehead atoms. The third-order valence-corrected chi connectivity index (χ3v) is 6.42. The Labute approximate surface area is 213 Å². The van der Waals surface area contributed by atoms with E-state index in [4.69, 9.17) is 9.17 Å². The number of benzene rings is 2. The molecule has 0 aliphatic heterocycles. The van der Waals surface area contributed by atoms with Gasteiger partial charge in [-0.3, -0.25) is 4.40 Å². The number of pyridine rings is 1. The maximum atomic E-state index is 12.4. The van der Waals surface area contributed by atoms with Crippen molar-refractivity contribution in [2.75, 3.05) is 5.32 Å². The van der Waals surface area contributed by atoms with Crippen LogP contribution in [0.3, 0.4) is 0 Å². The zero-order chi connectivity index (χ0) is 26.0. The summed E-state index contributed by atoms with van der Waals surface area (Å²) in [6.45, 7) is 11.1. The zero-order valence-corrected chi connectivity index (χ0v) is 22.2. The molecule has 4 aromatic rings. The smallest absolute Gasteiger partial charge is 0.332 e. The summed E-state index contributed by atoms with van der Waals surface area (Å²) < 4.78 is 32.2. The molecule has 36 heavy (non-hydrogen) atoms. The minimum atomic E-state index is -3.89. The van der Waals surface area contributed by atoms with Crippen molar-refractivity contribution >= 4 is 27.7 Å². The Morgan fingerprint density at radius 3 is 2.25 bits per heavy atom. The Kier molecular flexibility index (Phi) is 6.96. The van der Waals surface area contributed by atoms with E-state index in [2.05, 4.69) is 39.9 Å². The normalized spacial score (nSPS) is 12.8. The van der Waals surface area contributed by atoms with Crippen LogP contribution < -0.4 is 9.50 Å².